The highest BCUT2D eigenvalue weighted by atomic mass is 16.2. The number of H-pyrrole nitrogens is 1. The zero-order valence-corrected chi connectivity index (χ0v) is 23.6. The second kappa shape index (κ2) is 13.2. The van der Waals surface area contributed by atoms with E-state index in [4.69, 9.17) is 0 Å². The maximum atomic E-state index is 13.5. The molecule has 1 fully saturated rings. The van der Waals surface area contributed by atoms with E-state index in [1.807, 2.05) is 85.1 Å². The highest BCUT2D eigenvalue weighted by molar-refractivity contribution is 5.98. The number of aromatic amines is 1. The summed E-state index contributed by atoms with van der Waals surface area (Å²) in [7, 11) is 0. The molecule has 2 atom stereocenters. The zero-order chi connectivity index (χ0) is 29.5. The number of fused-ring (bicyclic) bond motifs is 1. The predicted octanol–water partition coefficient (Wildman–Crippen LogP) is 2.64. The van der Waals surface area contributed by atoms with Crippen molar-refractivity contribution in [1.82, 2.24) is 25.8 Å². The fourth-order valence-electron chi connectivity index (χ4n) is 5.42. The molecule has 9 nitrogen and oxygen atoms in total. The van der Waals surface area contributed by atoms with Gasteiger partial charge in [-0.15, -0.1) is 0 Å². The monoisotopic (exact) mass is 565 g/mol. The average molecular weight is 566 g/mol. The van der Waals surface area contributed by atoms with Crippen LogP contribution in [0, 0.1) is 0 Å². The van der Waals surface area contributed by atoms with Crippen LogP contribution in [0.4, 0.5) is 0 Å². The van der Waals surface area contributed by atoms with Crippen molar-refractivity contribution < 1.29 is 19.2 Å². The average Bonchev–Trinajstić information content (AvgIpc) is 3.41. The van der Waals surface area contributed by atoms with Crippen molar-refractivity contribution in [1.29, 1.82) is 0 Å². The maximum Gasteiger partial charge on any atom is 0.246 e. The van der Waals surface area contributed by atoms with Gasteiger partial charge in [-0.3, -0.25) is 19.2 Å². The molecule has 4 aromatic rings. The first-order chi connectivity index (χ1) is 20.4. The number of hydrogen-bond acceptors (Lipinski definition) is 4. The minimum absolute atomic E-state index is 0.218. The molecule has 3 aromatic carbocycles. The van der Waals surface area contributed by atoms with Crippen LogP contribution in [0.15, 0.2) is 85.1 Å². The van der Waals surface area contributed by atoms with Crippen LogP contribution in [0.5, 0.6) is 0 Å². The summed E-state index contributed by atoms with van der Waals surface area (Å²) in [6, 6.07) is 23.4. The number of carbonyl (C=O) groups is 4. The Bertz CT molecular complexity index is 1580. The Morgan fingerprint density at radius 3 is 2.43 bits per heavy atom. The number of carbonyl (C=O) groups excluding carboxylic acids is 4. The van der Waals surface area contributed by atoms with Crippen molar-refractivity contribution in [3.05, 3.63) is 107 Å². The van der Waals surface area contributed by atoms with E-state index in [1.165, 1.54) is 4.90 Å². The molecule has 5 rings (SSSR count). The van der Waals surface area contributed by atoms with Crippen LogP contribution >= 0.6 is 0 Å². The quantitative estimate of drug-likeness (QED) is 0.223. The number of aromatic nitrogens is 1. The Balaban J connectivity index is 1.29. The van der Waals surface area contributed by atoms with Crippen molar-refractivity contribution >= 4 is 34.5 Å². The van der Waals surface area contributed by atoms with Crippen LogP contribution in [0.2, 0.25) is 0 Å². The molecule has 1 aromatic heterocycles. The standard InChI is InChI=1S/C33H35N5O4/c1-2-23-12-6-7-13-24(23)18-35-32(41)28(17-25-19-34-27-15-9-8-14-26(25)27)36-30(39)20-38-21-31(40)37-29(33(38)42)16-22-10-4-3-5-11-22/h3-15,19,28-29,34H,2,16-18,20-21H2,1H3,(H,35,41)(H,36,39)(H,37,40). The second-order valence-electron chi connectivity index (χ2n) is 10.5. The number of piperazine rings is 1. The topological polar surface area (TPSA) is 123 Å². The normalized spacial score (nSPS) is 15.7. The molecule has 0 aliphatic carbocycles. The van der Waals surface area contributed by atoms with E-state index in [1.54, 1.807) is 0 Å². The predicted molar refractivity (Wildman–Crippen MR) is 160 cm³/mol. The molecule has 0 radical (unpaired) electrons. The van der Waals surface area contributed by atoms with Gasteiger partial charge in [-0.2, -0.15) is 0 Å². The second-order valence-corrected chi connectivity index (χ2v) is 10.5. The van der Waals surface area contributed by atoms with Crippen molar-refractivity contribution in [3.8, 4) is 0 Å². The zero-order valence-electron chi connectivity index (χ0n) is 23.6. The molecular weight excluding hydrogens is 530 g/mol. The number of hydrogen-bond donors (Lipinski definition) is 4. The summed E-state index contributed by atoms with van der Waals surface area (Å²) in [6.07, 6.45) is 3.26. The van der Waals surface area contributed by atoms with Gasteiger partial charge in [0.2, 0.25) is 23.6 Å². The number of aryl methyl sites for hydroxylation is 1. The minimum Gasteiger partial charge on any atom is -0.361 e. The van der Waals surface area contributed by atoms with Crippen LogP contribution < -0.4 is 16.0 Å². The van der Waals surface area contributed by atoms with Gasteiger partial charge < -0.3 is 25.8 Å². The van der Waals surface area contributed by atoms with Gasteiger partial charge in [-0.1, -0.05) is 79.7 Å². The van der Waals surface area contributed by atoms with E-state index in [2.05, 4.69) is 27.9 Å². The summed E-state index contributed by atoms with van der Waals surface area (Å²) >= 11 is 0. The van der Waals surface area contributed by atoms with Gasteiger partial charge in [0.15, 0.2) is 0 Å². The summed E-state index contributed by atoms with van der Waals surface area (Å²) in [5.41, 5.74) is 4.88. The van der Waals surface area contributed by atoms with E-state index in [0.29, 0.717) is 13.0 Å². The van der Waals surface area contributed by atoms with E-state index in [0.717, 1.165) is 39.6 Å². The van der Waals surface area contributed by atoms with E-state index in [9.17, 15) is 19.2 Å². The van der Waals surface area contributed by atoms with Crippen LogP contribution in [0.1, 0.15) is 29.2 Å². The Labute approximate surface area is 244 Å². The van der Waals surface area contributed by atoms with E-state index in [-0.39, 0.29) is 37.2 Å². The molecule has 2 unspecified atom stereocenters. The molecule has 9 heteroatoms. The van der Waals surface area contributed by atoms with E-state index >= 15 is 0 Å². The molecule has 1 saturated heterocycles. The molecule has 2 heterocycles. The Morgan fingerprint density at radius 1 is 0.929 bits per heavy atom. The third kappa shape index (κ3) is 6.86. The lowest BCUT2D eigenvalue weighted by molar-refractivity contribution is -0.146. The Hall–Kier alpha value is -4.92. The third-order valence-corrected chi connectivity index (χ3v) is 7.60. The summed E-state index contributed by atoms with van der Waals surface area (Å²) < 4.78 is 0. The summed E-state index contributed by atoms with van der Waals surface area (Å²) in [5, 5.41) is 9.53. The first kappa shape index (κ1) is 28.6. The van der Waals surface area contributed by atoms with Gasteiger partial charge in [0.25, 0.3) is 0 Å². The lowest BCUT2D eigenvalue weighted by Gasteiger charge is -2.32. The fraction of sp³-hybridized carbons (Fsp3) is 0.273. The first-order valence-electron chi connectivity index (χ1n) is 14.2. The van der Waals surface area contributed by atoms with Crippen molar-refractivity contribution in [2.24, 2.45) is 0 Å². The molecule has 42 heavy (non-hydrogen) atoms. The first-order valence-corrected chi connectivity index (χ1v) is 14.2. The van der Waals surface area contributed by atoms with Gasteiger partial charge in [0.05, 0.1) is 0 Å². The molecule has 216 valence electrons. The summed E-state index contributed by atoms with van der Waals surface area (Å²) in [5.74, 6) is -1.50. The third-order valence-electron chi connectivity index (χ3n) is 7.60. The molecule has 0 bridgehead atoms. The van der Waals surface area contributed by atoms with Crippen molar-refractivity contribution in [3.63, 3.8) is 0 Å². The number of rotatable bonds is 11. The van der Waals surface area contributed by atoms with Crippen LogP contribution in [-0.2, 0) is 45.0 Å². The number of nitrogens with zero attached hydrogens (tertiary/aromatic N) is 1. The van der Waals surface area contributed by atoms with E-state index < -0.39 is 18.0 Å². The SMILES string of the molecule is CCc1ccccc1CNC(=O)C(Cc1c[nH]c2ccccc12)NC(=O)CN1CC(=O)NC(Cc2ccccc2)C1=O. The van der Waals surface area contributed by atoms with Crippen LogP contribution in [-0.4, -0.2) is 58.7 Å². The van der Waals surface area contributed by atoms with Gasteiger partial charge in [-0.25, -0.2) is 0 Å². The molecule has 4 N–H and O–H groups in total. The smallest absolute Gasteiger partial charge is 0.246 e. The molecular formula is C33H35N5O4. The van der Waals surface area contributed by atoms with Crippen LogP contribution in [0.25, 0.3) is 10.9 Å². The summed E-state index contributed by atoms with van der Waals surface area (Å²) in [6.45, 7) is 1.85. The summed E-state index contributed by atoms with van der Waals surface area (Å²) in [4.78, 5) is 56.9. The Kier molecular flexibility index (Phi) is 8.96. The lowest BCUT2D eigenvalue weighted by atomic mass is 10.0. The fourth-order valence-corrected chi connectivity index (χ4v) is 5.42. The molecule has 0 saturated carbocycles. The molecule has 4 amide bonds. The minimum atomic E-state index is -0.890. The molecule has 1 aliphatic rings. The largest absolute Gasteiger partial charge is 0.361 e. The van der Waals surface area contributed by atoms with Gasteiger partial charge in [-0.05, 0) is 34.7 Å². The maximum absolute atomic E-state index is 13.5. The number of para-hydroxylation sites is 1. The lowest BCUT2D eigenvalue weighted by Crippen LogP contribution is -2.61. The van der Waals surface area contributed by atoms with Gasteiger partial charge in [0, 0.05) is 36.5 Å². The van der Waals surface area contributed by atoms with Gasteiger partial charge >= 0.3 is 0 Å². The number of amides is 4. The highest BCUT2D eigenvalue weighted by Crippen LogP contribution is 2.19. The van der Waals surface area contributed by atoms with Gasteiger partial charge in [0.1, 0.15) is 25.2 Å². The number of benzene rings is 3. The molecule has 1 aliphatic heterocycles. The number of nitrogens with one attached hydrogen (secondary N) is 4. The van der Waals surface area contributed by atoms with Crippen molar-refractivity contribution in [2.45, 2.75) is 44.8 Å². The molecule has 0 spiro atoms. The highest BCUT2D eigenvalue weighted by Gasteiger charge is 2.34. The van der Waals surface area contributed by atoms with Crippen LogP contribution in [0.3, 0.4) is 0 Å². The van der Waals surface area contributed by atoms with Crippen molar-refractivity contribution in [2.75, 3.05) is 13.1 Å². The Morgan fingerprint density at radius 2 is 1.64 bits per heavy atom.